The van der Waals surface area contributed by atoms with Crippen LogP contribution in [0, 0.1) is 6.92 Å². The van der Waals surface area contributed by atoms with Gasteiger partial charge in [0.25, 0.3) is 0 Å². The number of imidazole rings is 1. The maximum absolute atomic E-state index is 8.87. The van der Waals surface area contributed by atoms with Crippen LogP contribution in [0.3, 0.4) is 0 Å². The Morgan fingerprint density at radius 2 is 2.55 bits per heavy atom. The Kier molecular flexibility index (Phi) is 1.44. The Morgan fingerprint density at radius 1 is 1.73 bits per heavy atom. The fourth-order valence-corrected chi connectivity index (χ4v) is 1.87. The second kappa shape index (κ2) is 2.32. The standard InChI is InChI=1S/C7H8N2OS/c1-5-6(4-10)8-7-9(5)2-3-11-7/h2-3,10H,4H2,1H3. The Bertz CT molecular complexity index is 377. The smallest absolute Gasteiger partial charge is 0.194 e. The SMILES string of the molecule is Cc1c(CO)nc2sccn12. The number of nitrogens with zero attached hydrogens (tertiary/aromatic N) is 2. The zero-order valence-corrected chi connectivity index (χ0v) is 6.93. The van der Waals surface area contributed by atoms with Crippen LogP contribution in [0.2, 0.25) is 0 Å². The summed E-state index contributed by atoms with van der Waals surface area (Å²) >= 11 is 1.58. The average Bonchev–Trinajstić information content (AvgIpc) is 2.53. The monoisotopic (exact) mass is 168 g/mol. The van der Waals surface area contributed by atoms with Crippen molar-refractivity contribution in [2.45, 2.75) is 13.5 Å². The summed E-state index contributed by atoms with van der Waals surface area (Å²) in [7, 11) is 0. The van der Waals surface area contributed by atoms with Gasteiger partial charge < -0.3 is 5.11 Å². The molecule has 3 nitrogen and oxygen atoms in total. The zero-order valence-electron chi connectivity index (χ0n) is 6.11. The molecule has 0 aromatic carbocycles. The Labute approximate surface area is 67.9 Å². The van der Waals surface area contributed by atoms with Crippen LogP contribution in [0.15, 0.2) is 11.6 Å². The lowest BCUT2D eigenvalue weighted by Gasteiger charge is -1.89. The lowest BCUT2D eigenvalue weighted by Crippen LogP contribution is -1.87. The number of fused-ring (bicyclic) bond motifs is 1. The molecule has 1 N–H and O–H groups in total. The first-order valence-electron chi connectivity index (χ1n) is 3.35. The lowest BCUT2D eigenvalue weighted by molar-refractivity contribution is 0.276. The van der Waals surface area contributed by atoms with Gasteiger partial charge in [0.05, 0.1) is 12.3 Å². The summed E-state index contributed by atoms with van der Waals surface area (Å²) in [6.07, 6.45) is 1.96. The van der Waals surface area contributed by atoms with Gasteiger partial charge in [-0.05, 0) is 6.92 Å². The summed E-state index contributed by atoms with van der Waals surface area (Å²) < 4.78 is 1.98. The Morgan fingerprint density at radius 3 is 3.18 bits per heavy atom. The summed E-state index contributed by atoms with van der Waals surface area (Å²) in [4.78, 5) is 5.17. The first-order chi connectivity index (χ1) is 5.33. The van der Waals surface area contributed by atoms with Crippen LogP contribution in [0.1, 0.15) is 11.4 Å². The molecule has 0 unspecified atom stereocenters. The van der Waals surface area contributed by atoms with Crippen LogP contribution in [-0.2, 0) is 6.61 Å². The molecule has 2 aromatic heterocycles. The van der Waals surface area contributed by atoms with Gasteiger partial charge in [-0.15, -0.1) is 11.3 Å². The normalized spacial score (nSPS) is 11.1. The molecule has 0 saturated carbocycles. The fourth-order valence-electron chi connectivity index (χ4n) is 1.09. The summed E-state index contributed by atoms with van der Waals surface area (Å²) in [5.74, 6) is 0. The molecule has 4 heteroatoms. The largest absolute Gasteiger partial charge is 0.390 e. The van der Waals surface area contributed by atoms with Crippen LogP contribution in [0.25, 0.3) is 4.96 Å². The van der Waals surface area contributed by atoms with Crippen molar-refractivity contribution < 1.29 is 5.11 Å². The Balaban J connectivity index is 2.76. The number of aliphatic hydroxyl groups is 1. The van der Waals surface area contributed by atoms with Crippen molar-refractivity contribution in [1.29, 1.82) is 0 Å². The number of hydrogen-bond acceptors (Lipinski definition) is 3. The van der Waals surface area contributed by atoms with E-state index in [9.17, 15) is 0 Å². The number of hydrogen-bond donors (Lipinski definition) is 1. The van der Waals surface area contributed by atoms with Crippen molar-refractivity contribution in [1.82, 2.24) is 9.38 Å². The third kappa shape index (κ3) is 0.868. The summed E-state index contributed by atoms with van der Waals surface area (Å²) in [6.45, 7) is 1.98. The van der Waals surface area contributed by atoms with Gasteiger partial charge in [0.1, 0.15) is 0 Å². The molecule has 11 heavy (non-hydrogen) atoms. The van der Waals surface area contributed by atoms with E-state index in [4.69, 9.17) is 5.11 Å². The number of aliphatic hydroxyl groups excluding tert-OH is 1. The van der Waals surface area contributed by atoms with E-state index >= 15 is 0 Å². The van der Waals surface area contributed by atoms with Gasteiger partial charge in [-0.25, -0.2) is 4.98 Å². The second-order valence-electron chi connectivity index (χ2n) is 2.36. The molecule has 0 saturated heterocycles. The van der Waals surface area contributed by atoms with Gasteiger partial charge in [-0.3, -0.25) is 4.40 Å². The molecule has 0 amide bonds. The van der Waals surface area contributed by atoms with E-state index in [2.05, 4.69) is 4.98 Å². The third-order valence-corrected chi connectivity index (χ3v) is 2.51. The van der Waals surface area contributed by atoms with Crippen molar-refractivity contribution in [3.63, 3.8) is 0 Å². The molecule has 2 aromatic rings. The predicted molar refractivity (Wildman–Crippen MR) is 43.7 cm³/mol. The van der Waals surface area contributed by atoms with E-state index < -0.39 is 0 Å². The molecule has 0 atom stereocenters. The minimum absolute atomic E-state index is 0.0280. The van der Waals surface area contributed by atoms with E-state index in [0.29, 0.717) is 0 Å². The zero-order chi connectivity index (χ0) is 7.84. The summed E-state index contributed by atoms with van der Waals surface area (Å²) in [6, 6.07) is 0. The lowest BCUT2D eigenvalue weighted by atomic mass is 10.4. The second-order valence-corrected chi connectivity index (χ2v) is 3.23. The molecular formula is C7H8N2OS. The minimum Gasteiger partial charge on any atom is -0.390 e. The van der Waals surface area contributed by atoms with Crippen molar-refractivity contribution in [3.05, 3.63) is 23.0 Å². The highest BCUT2D eigenvalue weighted by Crippen LogP contribution is 2.15. The van der Waals surface area contributed by atoms with Gasteiger partial charge in [0.15, 0.2) is 4.96 Å². The van der Waals surface area contributed by atoms with Crippen molar-refractivity contribution in [3.8, 4) is 0 Å². The molecule has 2 heterocycles. The average molecular weight is 168 g/mol. The molecule has 0 aliphatic carbocycles. The predicted octanol–water partition coefficient (Wildman–Crippen LogP) is 1.20. The Hall–Kier alpha value is -0.870. The molecule has 0 bridgehead atoms. The van der Waals surface area contributed by atoms with Crippen LogP contribution < -0.4 is 0 Å². The van der Waals surface area contributed by atoms with E-state index in [-0.39, 0.29) is 6.61 Å². The van der Waals surface area contributed by atoms with E-state index in [1.165, 1.54) is 0 Å². The molecule has 2 rings (SSSR count). The van der Waals surface area contributed by atoms with Crippen molar-refractivity contribution in [2.24, 2.45) is 0 Å². The van der Waals surface area contributed by atoms with Gasteiger partial charge in [0.2, 0.25) is 0 Å². The minimum atomic E-state index is 0.0280. The molecule has 0 fully saturated rings. The summed E-state index contributed by atoms with van der Waals surface area (Å²) in [5.41, 5.74) is 1.81. The van der Waals surface area contributed by atoms with Crippen molar-refractivity contribution >= 4 is 16.3 Å². The number of aryl methyl sites for hydroxylation is 1. The van der Waals surface area contributed by atoms with E-state index in [1.807, 2.05) is 22.9 Å². The first kappa shape index (κ1) is 6.82. The van der Waals surface area contributed by atoms with Crippen LogP contribution in [0.5, 0.6) is 0 Å². The van der Waals surface area contributed by atoms with Crippen LogP contribution in [0.4, 0.5) is 0 Å². The first-order valence-corrected chi connectivity index (χ1v) is 4.23. The van der Waals surface area contributed by atoms with Crippen LogP contribution in [-0.4, -0.2) is 14.5 Å². The third-order valence-electron chi connectivity index (χ3n) is 1.75. The number of rotatable bonds is 1. The number of aromatic nitrogens is 2. The highest BCUT2D eigenvalue weighted by Gasteiger charge is 2.06. The van der Waals surface area contributed by atoms with E-state index in [0.717, 1.165) is 16.3 Å². The molecule has 0 radical (unpaired) electrons. The fraction of sp³-hybridized carbons (Fsp3) is 0.286. The quantitative estimate of drug-likeness (QED) is 0.694. The van der Waals surface area contributed by atoms with Crippen molar-refractivity contribution in [2.75, 3.05) is 0 Å². The number of thiazole rings is 1. The maximum atomic E-state index is 8.87. The van der Waals surface area contributed by atoms with E-state index in [1.54, 1.807) is 11.3 Å². The highest BCUT2D eigenvalue weighted by molar-refractivity contribution is 7.15. The summed E-state index contributed by atoms with van der Waals surface area (Å²) in [5, 5.41) is 10.8. The molecule has 0 spiro atoms. The molecule has 0 aliphatic heterocycles. The molecular weight excluding hydrogens is 160 g/mol. The molecule has 58 valence electrons. The van der Waals surface area contributed by atoms with Gasteiger partial charge in [0, 0.05) is 17.3 Å². The van der Waals surface area contributed by atoms with Crippen LogP contribution >= 0.6 is 11.3 Å². The maximum Gasteiger partial charge on any atom is 0.194 e. The van der Waals surface area contributed by atoms with Gasteiger partial charge in [-0.1, -0.05) is 0 Å². The topological polar surface area (TPSA) is 37.5 Å². The van der Waals surface area contributed by atoms with Gasteiger partial charge in [-0.2, -0.15) is 0 Å². The molecule has 0 aliphatic rings. The highest BCUT2D eigenvalue weighted by atomic mass is 32.1. The van der Waals surface area contributed by atoms with Gasteiger partial charge >= 0.3 is 0 Å².